The lowest BCUT2D eigenvalue weighted by Crippen LogP contribution is -2.58. The van der Waals surface area contributed by atoms with Crippen molar-refractivity contribution in [2.24, 2.45) is 0 Å². The first-order chi connectivity index (χ1) is 16.9. The van der Waals surface area contributed by atoms with Gasteiger partial charge in [-0.05, 0) is 26.3 Å². The summed E-state index contributed by atoms with van der Waals surface area (Å²) < 4.78 is 15.6. The zero-order valence-electron chi connectivity index (χ0n) is 20.3. The van der Waals surface area contributed by atoms with Gasteiger partial charge in [0, 0.05) is 19.0 Å². The van der Waals surface area contributed by atoms with Crippen LogP contribution in [0.15, 0.2) is 30.3 Å². The number of carboxylic acid groups (broad SMARTS) is 1. The smallest absolute Gasteiger partial charge is 0.411 e. The van der Waals surface area contributed by atoms with Gasteiger partial charge in [-0.2, -0.15) is 0 Å². The number of carboxylic acids is 1. The number of amides is 2. The molecule has 1 aromatic carbocycles. The van der Waals surface area contributed by atoms with Crippen LogP contribution in [0.3, 0.4) is 0 Å². The van der Waals surface area contributed by atoms with Crippen molar-refractivity contribution < 1.29 is 43.3 Å². The number of esters is 2. The summed E-state index contributed by atoms with van der Waals surface area (Å²) in [6.45, 7) is 4.08. The molecule has 2 amide bonds. The number of carbonyl (C=O) groups excluding carboxylic acids is 4. The average molecular weight is 504 g/mol. The molecule has 2 N–H and O–H groups in total. The van der Waals surface area contributed by atoms with E-state index in [4.69, 9.17) is 19.3 Å². The van der Waals surface area contributed by atoms with E-state index in [-0.39, 0.29) is 26.2 Å². The topological polar surface area (TPSA) is 152 Å². The molecule has 0 radical (unpaired) electrons. The van der Waals surface area contributed by atoms with E-state index in [0.717, 1.165) is 4.90 Å². The maximum Gasteiger partial charge on any atom is 0.411 e. The summed E-state index contributed by atoms with van der Waals surface area (Å²) in [5.41, 5.74) is -0.0191. The van der Waals surface area contributed by atoms with Crippen LogP contribution in [-0.4, -0.2) is 89.4 Å². The van der Waals surface area contributed by atoms with Gasteiger partial charge in [-0.3, -0.25) is 24.6 Å². The fourth-order valence-electron chi connectivity index (χ4n) is 3.00. The number of rotatable bonds is 8. The normalized spacial score (nSPS) is 15.2. The molecule has 0 aromatic heterocycles. The standard InChI is InChI=1S/C24H29N3O9/c1-24(2,3)36-20(31)15-26-13-11-25-21(22(26)32)35-19(30)14-27(12-7-10-18(28)29)23(33)34-16-17-8-5-4-6-9-17/h4-6,8-9,21,25H,11-16H2,1-3H3,(H,28,29)/t21-/m0/s1. The van der Waals surface area contributed by atoms with Gasteiger partial charge in [-0.25, -0.2) is 9.59 Å². The molecule has 0 unspecified atom stereocenters. The lowest BCUT2D eigenvalue weighted by atomic mass is 10.2. The second-order valence-electron chi connectivity index (χ2n) is 8.67. The lowest BCUT2D eigenvalue weighted by molar-refractivity contribution is -0.169. The number of hydrogen-bond acceptors (Lipinski definition) is 9. The van der Waals surface area contributed by atoms with E-state index >= 15 is 0 Å². The average Bonchev–Trinajstić information content (AvgIpc) is 2.78. The highest BCUT2D eigenvalue weighted by molar-refractivity contribution is 5.88. The Morgan fingerprint density at radius 3 is 2.50 bits per heavy atom. The van der Waals surface area contributed by atoms with Crippen LogP contribution >= 0.6 is 0 Å². The zero-order chi connectivity index (χ0) is 26.7. The van der Waals surface area contributed by atoms with Crippen molar-refractivity contribution in [3.05, 3.63) is 35.9 Å². The second-order valence-corrected chi connectivity index (χ2v) is 8.67. The SMILES string of the molecule is CC(C)(C)OC(=O)CN1CCN[C@@H](OC(=O)CN(CC#CC(=O)O)C(=O)OCc2ccccc2)C1=O. The number of benzene rings is 1. The monoisotopic (exact) mass is 503 g/mol. The summed E-state index contributed by atoms with van der Waals surface area (Å²) in [4.78, 5) is 62.5. The van der Waals surface area contributed by atoms with E-state index in [1.54, 1.807) is 51.1 Å². The van der Waals surface area contributed by atoms with Gasteiger partial charge in [0.05, 0.1) is 6.54 Å². The van der Waals surface area contributed by atoms with E-state index < -0.39 is 54.8 Å². The maximum absolute atomic E-state index is 12.7. The predicted molar refractivity (Wildman–Crippen MR) is 124 cm³/mol. The molecule has 1 heterocycles. The summed E-state index contributed by atoms with van der Waals surface area (Å²) in [6, 6.07) is 8.79. The Labute approximate surface area is 208 Å². The van der Waals surface area contributed by atoms with Crippen molar-refractivity contribution in [1.82, 2.24) is 15.1 Å². The Balaban J connectivity index is 1.98. The third-order valence-corrected chi connectivity index (χ3v) is 4.49. The van der Waals surface area contributed by atoms with Crippen LogP contribution in [0.5, 0.6) is 0 Å². The summed E-state index contributed by atoms with van der Waals surface area (Å²) in [6.07, 6.45) is -2.30. The van der Waals surface area contributed by atoms with Crippen LogP contribution in [0, 0.1) is 11.8 Å². The molecule has 1 fully saturated rings. The maximum atomic E-state index is 12.7. The van der Waals surface area contributed by atoms with Crippen LogP contribution in [0.2, 0.25) is 0 Å². The Bertz CT molecular complexity index is 1020. The first kappa shape index (κ1) is 28.1. The Morgan fingerprint density at radius 2 is 1.86 bits per heavy atom. The highest BCUT2D eigenvalue weighted by atomic mass is 16.6. The Hall–Kier alpha value is -4.11. The molecule has 0 saturated carbocycles. The first-order valence-electron chi connectivity index (χ1n) is 11.1. The number of aliphatic carboxylic acids is 1. The minimum absolute atomic E-state index is 0.0835. The van der Waals surface area contributed by atoms with Gasteiger partial charge in [0.1, 0.15) is 25.3 Å². The van der Waals surface area contributed by atoms with E-state index in [2.05, 4.69) is 11.2 Å². The minimum Gasteiger partial charge on any atom is -0.472 e. The number of carbonyl (C=O) groups is 5. The third-order valence-electron chi connectivity index (χ3n) is 4.49. The van der Waals surface area contributed by atoms with E-state index in [0.29, 0.717) is 5.56 Å². The van der Waals surface area contributed by atoms with Gasteiger partial charge in [0.25, 0.3) is 5.91 Å². The van der Waals surface area contributed by atoms with E-state index in [1.807, 2.05) is 5.92 Å². The largest absolute Gasteiger partial charge is 0.472 e. The Morgan fingerprint density at radius 1 is 1.17 bits per heavy atom. The quantitative estimate of drug-likeness (QED) is 0.289. The minimum atomic E-state index is -1.41. The van der Waals surface area contributed by atoms with Crippen molar-refractivity contribution in [2.75, 3.05) is 32.7 Å². The molecule has 1 aliphatic heterocycles. The number of ether oxygens (including phenoxy) is 3. The van der Waals surface area contributed by atoms with Crippen LogP contribution in [0.25, 0.3) is 0 Å². The van der Waals surface area contributed by atoms with Crippen LogP contribution in [-0.2, 0) is 40.0 Å². The van der Waals surface area contributed by atoms with Crippen LogP contribution in [0.4, 0.5) is 4.79 Å². The molecular weight excluding hydrogens is 474 g/mol. The molecule has 0 bridgehead atoms. The predicted octanol–water partition coefficient (Wildman–Crippen LogP) is 0.356. The highest BCUT2D eigenvalue weighted by Gasteiger charge is 2.34. The van der Waals surface area contributed by atoms with Gasteiger partial charge in [0.15, 0.2) is 0 Å². The number of nitrogens with one attached hydrogen (secondary N) is 1. The van der Waals surface area contributed by atoms with Gasteiger partial charge in [0.2, 0.25) is 6.23 Å². The van der Waals surface area contributed by atoms with Crippen LogP contribution < -0.4 is 5.32 Å². The molecule has 12 nitrogen and oxygen atoms in total. The molecule has 1 saturated heterocycles. The van der Waals surface area contributed by atoms with Gasteiger partial charge in [-0.1, -0.05) is 36.3 Å². The van der Waals surface area contributed by atoms with Gasteiger partial charge < -0.3 is 24.2 Å². The van der Waals surface area contributed by atoms with E-state index in [9.17, 15) is 24.0 Å². The number of piperazine rings is 1. The number of hydrogen-bond donors (Lipinski definition) is 2. The second kappa shape index (κ2) is 13.1. The summed E-state index contributed by atoms with van der Waals surface area (Å²) in [5, 5.41) is 11.4. The van der Waals surface area contributed by atoms with Crippen molar-refractivity contribution in [2.45, 2.75) is 39.2 Å². The van der Waals surface area contributed by atoms with Crippen molar-refractivity contribution >= 4 is 29.9 Å². The first-order valence-corrected chi connectivity index (χ1v) is 11.1. The zero-order valence-corrected chi connectivity index (χ0v) is 20.3. The molecule has 1 aliphatic rings. The molecule has 0 spiro atoms. The van der Waals surface area contributed by atoms with Gasteiger partial charge >= 0.3 is 24.0 Å². The molecule has 194 valence electrons. The molecule has 1 aromatic rings. The molecule has 1 atom stereocenters. The summed E-state index contributed by atoms with van der Waals surface area (Å²) in [5.74, 6) is 0.486. The van der Waals surface area contributed by atoms with Crippen molar-refractivity contribution in [3.8, 4) is 11.8 Å². The van der Waals surface area contributed by atoms with Crippen molar-refractivity contribution in [3.63, 3.8) is 0 Å². The highest BCUT2D eigenvalue weighted by Crippen LogP contribution is 2.10. The fraction of sp³-hybridized carbons (Fsp3) is 0.458. The summed E-state index contributed by atoms with van der Waals surface area (Å²) >= 11 is 0. The third kappa shape index (κ3) is 10.0. The molecule has 2 rings (SSSR count). The lowest BCUT2D eigenvalue weighted by Gasteiger charge is -2.33. The fourth-order valence-corrected chi connectivity index (χ4v) is 3.00. The summed E-state index contributed by atoms with van der Waals surface area (Å²) in [7, 11) is 0. The molecular formula is C24H29N3O9. The van der Waals surface area contributed by atoms with E-state index in [1.165, 1.54) is 4.90 Å². The number of nitrogens with zero attached hydrogens (tertiary/aromatic N) is 2. The Kier molecular flexibility index (Phi) is 10.2. The van der Waals surface area contributed by atoms with Gasteiger partial charge in [-0.15, -0.1) is 0 Å². The molecule has 12 heteroatoms. The van der Waals surface area contributed by atoms with Crippen LogP contribution in [0.1, 0.15) is 26.3 Å². The molecule has 0 aliphatic carbocycles. The molecule has 36 heavy (non-hydrogen) atoms. The van der Waals surface area contributed by atoms with Crippen molar-refractivity contribution in [1.29, 1.82) is 0 Å².